The third kappa shape index (κ3) is 5.68. The second-order valence-corrected chi connectivity index (χ2v) is 9.13. The number of rotatable bonds is 9. The van der Waals surface area contributed by atoms with E-state index in [0.29, 0.717) is 30.2 Å². The summed E-state index contributed by atoms with van der Waals surface area (Å²) < 4.78 is 33.7. The molecular weight excluding hydrogens is 418 g/mol. The van der Waals surface area contributed by atoms with E-state index in [1.807, 2.05) is 0 Å². The number of benzene rings is 2. The highest BCUT2D eigenvalue weighted by molar-refractivity contribution is 7.89. The number of carbonyl (C=O) groups is 1. The molecule has 10 heteroatoms. The van der Waals surface area contributed by atoms with Crippen molar-refractivity contribution in [2.45, 2.75) is 31.3 Å². The summed E-state index contributed by atoms with van der Waals surface area (Å²) in [6.07, 6.45) is 3.07. The summed E-state index contributed by atoms with van der Waals surface area (Å²) in [7, 11) is -2.07. The smallest absolute Gasteiger partial charge is 0.255 e. The van der Waals surface area contributed by atoms with Gasteiger partial charge in [-0.2, -0.15) is 9.40 Å². The predicted molar refractivity (Wildman–Crippen MR) is 116 cm³/mol. The standard InChI is InChI=1S/C21H25N5O4S/c1-16(2)25(3)31(28,29)20-9-7-17(8-10-20)21(27)24-18-5-4-6-19(13-18)30-12-11-26-15-22-14-23-26/h4-10,13-16H,11-12H2,1-3H3,(H,24,27). The molecule has 0 saturated heterocycles. The van der Waals surface area contributed by atoms with E-state index in [4.69, 9.17) is 4.74 Å². The lowest BCUT2D eigenvalue weighted by atomic mass is 10.2. The lowest BCUT2D eigenvalue weighted by molar-refractivity contribution is 0.102. The fourth-order valence-electron chi connectivity index (χ4n) is 2.69. The third-order valence-electron chi connectivity index (χ3n) is 4.67. The van der Waals surface area contributed by atoms with Gasteiger partial charge in [0, 0.05) is 30.4 Å². The van der Waals surface area contributed by atoms with Crippen molar-refractivity contribution in [3.05, 3.63) is 66.7 Å². The number of aromatic nitrogens is 3. The second-order valence-electron chi connectivity index (χ2n) is 7.13. The van der Waals surface area contributed by atoms with Gasteiger partial charge in [-0.05, 0) is 50.2 Å². The first kappa shape index (κ1) is 22.4. The Labute approximate surface area is 181 Å². The Morgan fingerprint density at radius 2 is 1.94 bits per heavy atom. The maximum Gasteiger partial charge on any atom is 0.255 e. The van der Waals surface area contributed by atoms with Crippen LogP contribution < -0.4 is 10.1 Å². The van der Waals surface area contributed by atoms with Crippen molar-refractivity contribution in [1.29, 1.82) is 0 Å². The zero-order valence-corrected chi connectivity index (χ0v) is 18.4. The van der Waals surface area contributed by atoms with E-state index in [1.54, 1.807) is 49.1 Å². The second kappa shape index (κ2) is 9.71. The van der Waals surface area contributed by atoms with Gasteiger partial charge in [-0.3, -0.25) is 4.79 Å². The van der Waals surface area contributed by atoms with E-state index in [2.05, 4.69) is 15.4 Å². The first-order valence-corrected chi connectivity index (χ1v) is 11.2. The fraction of sp³-hybridized carbons (Fsp3) is 0.286. The first-order valence-electron chi connectivity index (χ1n) is 9.72. The van der Waals surface area contributed by atoms with Crippen LogP contribution in [-0.2, 0) is 16.6 Å². The molecule has 0 spiro atoms. The Kier molecular flexibility index (Phi) is 7.03. The zero-order valence-electron chi connectivity index (χ0n) is 17.6. The molecule has 0 saturated carbocycles. The summed E-state index contributed by atoms with van der Waals surface area (Å²) in [6, 6.07) is 12.7. The number of nitrogens with zero attached hydrogens (tertiary/aromatic N) is 4. The molecular formula is C21H25N5O4S. The summed E-state index contributed by atoms with van der Waals surface area (Å²) >= 11 is 0. The quantitative estimate of drug-likeness (QED) is 0.545. The molecule has 1 heterocycles. The van der Waals surface area contributed by atoms with Crippen LogP contribution in [0.1, 0.15) is 24.2 Å². The fourth-order valence-corrected chi connectivity index (χ4v) is 4.06. The Hall–Kier alpha value is -3.24. The molecule has 1 amide bonds. The Balaban J connectivity index is 1.62. The van der Waals surface area contributed by atoms with Crippen molar-refractivity contribution in [3.63, 3.8) is 0 Å². The minimum absolute atomic E-state index is 0.142. The van der Waals surface area contributed by atoms with Crippen LogP contribution in [0.2, 0.25) is 0 Å². The molecule has 31 heavy (non-hydrogen) atoms. The molecule has 0 aliphatic carbocycles. The van der Waals surface area contributed by atoms with Crippen molar-refractivity contribution in [2.24, 2.45) is 0 Å². The van der Waals surface area contributed by atoms with E-state index in [0.717, 1.165) is 0 Å². The number of carbonyl (C=O) groups excluding carboxylic acids is 1. The Morgan fingerprint density at radius 3 is 2.58 bits per heavy atom. The average molecular weight is 444 g/mol. The number of amides is 1. The molecule has 3 aromatic rings. The molecule has 0 bridgehead atoms. The Bertz CT molecular complexity index is 1110. The van der Waals surface area contributed by atoms with Gasteiger partial charge in [0.1, 0.15) is 25.0 Å². The Morgan fingerprint density at radius 1 is 1.19 bits per heavy atom. The first-order chi connectivity index (χ1) is 14.8. The van der Waals surface area contributed by atoms with Crippen LogP contribution in [0.4, 0.5) is 5.69 Å². The van der Waals surface area contributed by atoms with E-state index in [-0.39, 0.29) is 16.8 Å². The summed E-state index contributed by atoms with van der Waals surface area (Å²) in [4.78, 5) is 16.6. The predicted octanol–water partition coefficient (Wildman–Crippen LogP) is 2.64. The molecule has 9 nitrogen and oxygen atoms in total. The van der Waals surface area contributed by atoms with Gasteiger partial charge < -0.3 is 10.1 Å². The van der Waals surface area contributed by atoms with Crippen LogP contribution in [0.3, 0.4) is 0 Å². The molecule has 0 atom stereocenters. The third-order valence-corrected chi connectivity index (χ3v) is 6.72. The van der Waals surface area contributed by atoms with Crippen molar-refractivity contribution >= 4 is 21.6 Å². The molecule has 1 aromatic heterocycles. The number of anilines is 1. The van der Waals surface area contributed by atoms with Crippen LogP contribution >= 0.6 is 0 Å². The lowest BCUT2D eigenvalue weighted by Crippen LogP contribution is -2.33. The van der Waals surface area contributed by atoms with E-state index in [9.17, 15) is 13.2 Å². The van der Waals surface area contributed by atoms with Crippen molar-refractivity contribution in [3.8, 4) is 5.75 Å². The SMILES string of the molecule is CC(C)N(C)S(=O)(=O)c1ccc(C(=O)Nc2cccc(OCCn3cncn3)c2)cc1. The number of nitrogens with one attached hydrogen (secondary N) is 1. The molecule has 0 radical (unpaired) electrons. The summed E-state index contributed by atoms with van der Waals surface area (Å²) in [6.45, 7) is 4.55. The minimum Gasteiger partial charge on any atom is -0.492 e. The van der Waals surface area contributed by atoms with Gasteiger partial charge >= 0.3 is 0 Å². The monoisotopic (exact) mass is 443 g/mol. The average Bonchev–Trinajstić information content (AvgIpc) is 3.27. The molecule has 2 aromatic carbocycles. The van der Waals surface area contributed by atoms with Crippen LogP contribution in [0.25, 0.3) is 0 Å². The maximum absolute atomic E-state index is 12.6. The number of hydrogen-bond acceptors (Lipinski definition) is 6. The van der Waals surface area contributed by atoms with Gasteiger partial charge in [0.25, 0.3) is 5.91 Å². The van der Waals surface area contributed by atoms with Crippen LogP contribution in [-0.4, -0.2) is 53.1 Å². The van der Waals surface area contributed by atoms with Crippen molar-refractivity contribution in [1.82, 2.24) is 19.1 Å². The zero-order chi connectivity index (χ0) is 22.4. The van der Waals surface area contributed by atoms with Gasteiger partial charge in [-0.1, -0.05) is 6.07 Å². The molecule has 1 N–H and O–H groups in total. The normalized spacial score (nSPS) is 11.6. The molecule has 0 aliphatic rings. The van der Waals surface area contributed by atoms with Gasteiger partial charge in [-0.25, -0.2) is 18.1 Å². The molecule has 0 unspecified atom stereocenters. The summed E-state index contributed by atoms with van der Waals surface area (Å²) in [5.74, 6) is 0.261. The van der Waals surface area contributed by atoms with E-state index >= 15 is 0 Å². The van der Waals surface area contributed by atoms with Crippen LogP contribution in [0, 0.1) is 0 Å². The number of ether oxygens (including phenoxy) is 1. The number of hydrogen-bond donors (Lipinski definition) is 1. The van der Waals surface area contributed by atoms with Gasteiger partial charge in [0.2, 0.25) is 10.0 Å². The van der Waals surface area contributed by atoms with Crippen molar-refractivity contribution < 1.29 is 17.9 Å². The highest BCUT2D eigenvalue weighted by Crippen LogP contribution is 2.20. The summed E-state index contributed by atoms with van der Waals surface area (Å²) in [5.41, 5.74) is 0.920. The molecule has 0 aliphatic heterocycles. The summed E-state index contributed by atoms with van der Waals surface area (Å²) in [5, 5.41) is 6.80. The van der Waals surface area contributed by atoms with Gasteiger partial charge in [0.05, 0.1) is 11.4 Å². The highest BCUT2D eigenvalue weighted by Gasteiger charge is 2.23. The minimum atomic E-state index is -3.60. The van der Waals surface area contributed by atoms with Crippen molar-refractivity contribution in [2.75, 3.05) is 19.0 Å². The maximum atomic E-state index is 12.6. The largest absolute Gasteiger partial charge is 0.492 e. The lowest BCUT2D eigenvalue weighted by Gasteiger charge is -2.21. The van der Waals surface area contributed by atoms with E-state index < -0.39 is 10.0 Å². The van der Waals surface area contributed by atoms with Crippen LogP contribution in [0.5, 0.6) is 5.75 Å². The van der Waals surface area contributed by atoms with Gasteiger partial charge in [0.15, 0.2) is 0 Å². The topological polar surface area (TPSA) is 106 Å². The molecule has 164 valence electrons. The van der Waals surface area contributed by atoms with Gasteiger partial charge in [-0.15, -0.1) is 0 Å². The molecule has 0 fully saturated rings. The van der Waals surface area contributed by atoms with Crippen LogP contribution in [0.15, 0.2) is 66.1 Å². The molecule has 3 rings (SSSR count). The number of sulfonamides is 1. The highest BCUT2D eigenvalue weighted by atomic mass is 32.2. The van der Waals surface area contributed by atoms with E-state index in [1.165, 1.54) is 41.9 Å².